The second kappa shape index (κ2) is 5.32. The molecule has 2 heterocycles. The zero-order valence-corrected chi connectivity index (χ0v) is 10.4. The van der Waals surface area contributed by atoms with E-state index in [1.807, 2.05) is 0 Å². The van der Waals surface area contributed by atoms with E-state index in [-0.39, 0.29) is 11.9 Å². The molecule has 0 radical (unpaired) electrons. The van der Waals surface area contributed by atoms with Crippen LogP contribution in [0.1, 0.15) is 18.9 Å². The van der Waals surface area contributed by atoms with E-state index in [9.17, 15) is 4.79 Å². The number of aromatic nitrogens is 2. The average Bonchev–Trinajstić information content (AvgIpc) is 2.87. The lowest BCUT2D eigenvalue weighted by molar-refractivity contribution is -0.124. The van der Waals surface area contributed by atoms with Crippen molar-refractivity contribution in [1.29, 1.82) is 0 Å². The molecule has 0 saturated carbocycles. The van der Waals surface area contributed by atoms with Crippen LogP contribution in [-0.4, -0.2) is 49.0 Å². The number of hydrogen-bond acceptors (Lipinski definition) is 7. The predicted molar refractivity (Wildman–Crippen MR) is 62.9 cm³/mol. The van der Waals surface area contributed by atoms with Crippen LogP contribution in [0, 0.1) is 0 Å². The molecule has 1 aliphatic heterocycles. The van der Waals surface area contributed by atoms with Gasteiger partial charge in [-0.25, -0.2) is 0 Å². The highest BCUT2D eigenvalue weighted by molar-refractivity contribution is 5.84. The largest absolute Gasteiger partial charge is 0.406 e. The first-order chi connectivity index (χ1) is 8.63. The highest BCUT2D eigenvalue weighted by Crippen LogP contribution is 2.20. The van der Waals surface area contributed by atoms with E-state index in [1.165, 1.54) is 0 Å². The molecule has 1 amide bonds. The maximum absolute atomic E-state index is 11.7. The van der Waals surface area contributed by atoms with Gasteiger partial charge < -0.3 is 25.1 Å². The fourth-order valence-corrected chi connectivity index (χ4v) is 1.74. The highest BCUT2D eigenvalue weighted by Gasteiger charge is 2.32. The minimum Gasteiger partial charge on any atom is -0.406 e. The number of amides is 1. The molecule has 2 atom stereocenters. The standard InChI is InChI=1S/C10H17N5O3/c1-6(11)9-13-14-10(18-9)15-3-4-17-5-7(15)8(16)12-2/h6-7H,3-5,11H2,1-2H3,(H,12,16). The van der Waals surface area contributed by atoms with Crippen molar-refractivity contribution in [2.24, 2.45) is 5.73 Å². The summed E-state index contributed by atoms with van der Waals surface area (Å²) in [6.07, 6.45) is 0. The van der Waals surface area contributed by atoms with Crippen LogP contribution in [0.15, 0.2) is 4.42 Å². The summed E-state index contributed by atoms with van der Waals surface area (Å²) < 4.78 is 10.7. The second-order valence-electron chi connectivity index (χ2n) is 4.11. The van der Waals surface area contributed by atoms with Gasteiger partial charge in [-0.05, 0) is 6.92 Å². The van der Waals surface area contributed by atoms with Crippen LogP contribution in [0.2, 0.25) is 0 Å². The van der Waals surface area contributed by atoms with Crippen LogP contribution in [0.25, 0.3) is 0 Å². The number of hydrogen-bond donors (Lipinski definition) is 2. The molecule has 1 aliphatic rings. The summed E-state index contributed by atoms with van der Waals surface area (Å²) in [6, 6.07) is -0.477. The number of anilines is 1. The van der Waals surface area contributed by atoms with E-state index in [2.05, 4.69) is 15.5 Å². The van der Waals surface area contributed by atoms with Crippen molar-refractivity contribution in [2.45, 2.75) is 19.0 Å². The maximum Gasteiger partial charge on any atom is 0.319 e. The van der Waals surface area contributed by atoms with Gasteiger partial charge in [-0.15, -0.1) is 5.10 Å². The SMILES string of the molecule is CNC(=O)C1COCCN1c1nnc(C(C)N)o1. The molecule has 100 valence electrons. The molecular weight excluding hydrogens is 238 g/mol. The van der Waals surface area contributed by atoms with Crippen LogP contribution in [0.3, 0.4) is 0 Å². The lowest BCUT2D eigenvalue weighted by atomic mass is 10.2. The topological polar surface area (TPSA) is 107 Å². The molecule has 0 aromatic carbocycles. The van der Waals surface area contributed by atoms with E-state index < -0.39 is 6.04 Å². The van der Waals surface area contributed by atoms with E-state index in [1.54, 1.807) is 18.9 Å². The Bertz CT molecular complexity index is 419. The second-order valence-corrected chi connectivity index (χ2v) is 4.11. The summed E-state index contributed by atoms with van der Waals surface area (Å²) in [6.45, 7) is 3.10. The van der Waals surface area contributed by atoms with Crippen molar-refractivity contribution in [3.05, 3.63) is 5.89 Å². The molecule has 0 aliphatic carbocycles. The molecule has 1 aromatic rings. The van der Waals surface area contributed by atoms with Crippen molar-refractivity contribution in [3.63, 3.8) is 0 Å². The Morgan fingerprint density at radius 3 is 3.00 bits per heavy atom. The molecule has 2 unspecified atom stereocenters. The molecular formula is C10H17N5O3. The molecule has 1 fully saturated rings. The molecule has 0 spiro atoms. The van der Waals surface area contributed by atoms with Gasteiger partial charge in [-0.1, -0.05) is 5.10 Å². The molecule has 8 nitrogen and oxygen atoms in total. The summed E-state index contributed by atoms with van der Waals surface area (Å²) in [5.74, 6) is 0.211. The number of rotatable bonds is 3. The van der Waals surface area contributed by atoms with Gasteiger partial charge in [0.2, 0.25) is 11.8 Å². The van der Waals surface area contributed by atoms with Crippen molar-refractivity contribution in [2.75, 3.05) is 31.7 Å². The van der Waals surface area contributed by atoms with Gasteiger partial charge in [0.15, 0.2) is 0 Å². The number of nitrogens with one attached hydrogen (secondary N) is 1. The van der Waals surface area contributed by atoms with Crippen LogP contribution >= 0.6 is 0 Å². The summed E-state index contributed by atoms with van der Waals surface area (Å²) in [5, 5.41) is 10.4. The summed E-state index contributed by atoms with van der Waals surface area (Å²) in [7, 11) is 1.58. The monoisotopic (exact) mass is 255 g/mol. The fraction of sp³-hybridized carbons (Fsp3) is 0.700. The van der Waals surface area contributed by atoms with Gasteiger partial charge in [-0.3, -0.25) is 4.79 Å². The molecule has 1 saturated heterocycles. The molecule has 1 aromatic heterocycles. The first kappa shape index (κ1) is 12.8. The number of nitrogens with zero attached hydrogens (tertiary/aromatic N) is 3. The Morgan fingerprint density at radius 2 is 2.39 bits per heavy atom. The molecule has 3 N–H and O–H groups in total. The first-order valence-corrected chi connectivity index (χ1v) is 5.78. The Hall–Kier alpha value is -1.67. The van der Waals surface area contributed by atoms with Gasteiger partial charge in [0.1, 0.15) is 6.04 Å². The minimum atomic E-state index is -0.454. The zero-order chi connectivity index (χ0) is 13.1. The molecule has 18 heavy (non-hydrogen) atoms. The van der Waals surface area contributed by atoms with E-state index in [4.69, 9.17) is 14.9 Å². The molecule has 2 rings (SSSR count). The van der Waals surface area contributed by atoms with Gasteiger partial charge >= 0.3 is 6.01 Å². The summed E-state index contributed by atoms with van der Waals surface area (Å²) in [4.78, 5) is 13.5. The number of nitrogens with two attached hydrogens (primary N) is 1. The third-order valence-corrected chi connectivity index (χ3v) is 2.74. The van der Waals surface area contributed by atoms with Crippen molar-refractivity contribution in [1.82, 2.24) is 15.5 Å². The van der Waals surface area contributed by atoms with E-state index in [0.717, 1.165) is 0 Å². The average molecular weight is 255 g/mol. The summed E-state index contributed by atoms with van der Waals surface area (Å²) in [5.41, 5.74) is 5.66. The number of ether oxygens (including phenoxy) is 1. The van der Waals surface area contributed by atoms with Gasteiger partial charge in [-0.2, -0.15) is 0 Å². The van der Waals surface area contributed by atoms with Gasteiger partial charge in [0.25, 0.3) is 0 Å². The lowest BCUT2D eigenvalue weighted by Crippen LogP contribution is -2.53. The number of carbonyl (C=O) groups is 1. The maximum atomic E-state index is 11.7. The summed E-state index contributed by atoms with van der Waals surface area (Å²) >= 11 is 0. The van der Waals surface area contributed by atoms with Gasteiger partial charge in [0, 0.05) is 13.6 Å². The normalized spacial score (nSPS) is 21.7. The highest BCUT2D eigenvalue weighted by atomic mass is 16.5. The lowest BCUT2D eigenvalue weighted by Gasteiger charge is -2.32. The van der Waals surface area contributed by atoms with Crippen LogP contribution in [-0.2, 0) is 9.53 Å². The first-order valence-electron chi connectivity index (χ1n) is 5.78. The molecule has 8 heteroatoms. The van der Waals surface area contributed by atoms with Crippen LogP contribution in [0.5, 0.6) is 0 Å². The van der Waals surface area contributed by atoms with E-state index >= 15 is 0 Å². The zero-order valence-electron chi connectivity index (χ0n) is 10.4. The van der Waals surface area contributed by atoms with Crippen molar-refractivity contribution < 1.29 is 13.9 Å². The Balaban J connectivity index is 2.19. The number of likely N-dealkylation sites (N-methyl/N-ethyl adjacent to an activating group) is 1. The quantitative estimate of drug-likeness (QED) is 0.716. The smallest absolute Gasteiger partial charge is 0.319 e. The van der Waals surface area contributed by atoms with Crippen molar-refractivity contribution >= 4 is 11.9 Å². The fourth-order valence-electron chi connectivity index (χ4n) is 1.74. The third-order valence-electron chi connectivity index (χ3n) is 2.74. The third kappa shape index (κ3) is 2.44. The van der Waals surface area contributed by atoms with Gasteiger partial charge in [0.05, 0.1) is 19.3 Å². The minimum absolute atomic E-state index is 0.143. The predicted octanol–water partition coefficient (Wildman–Crippen LogP) is -0.959. The Labute approximate surface area is 104 Å². The van der Waals surface area contributed by atoms with Crippen molar-refractivity contribution in [3.8, 4) is 0 Å². The Kier molecular flexibility index (Phi) is 3.78. The Morgan fingerprint density at radius 1 is 1.61 bits per heavy atom. The molecule has 0 bridgehead atoms. The van der Waals surface area contributed by atoms with Crippen LogP contribution < -0.4 is 16.0 Å². The number of carbonyl (C=O) groups excluding carboxylic acids is 1. The van der Waals surface area contributed by atoms with E-state index in [0.29, 0.717) is 31.7 Å². The van der Waals surface area contributed by atoms with Crippen LogP contribution in [0.4, 0.5) is 6.01 Å². The number of morpholine rings is 1.